The van der Waals surface area contributed by atoms with Gasteiger partial charge in [-0.15, -0.1) is 0 Å². The topological polar surface area (TPSA) is 84.9 Å². The van der Waals surface area contributed by atoms with Crippen LogP contribution in [0, 0.1) is 13.8 Å². The molecule has 1 N–H and O–H groups in total. The van der Waals surface area contributed by atoms with Gasteiger partial charge in [-0.05, 0) is 49.2 Å². The van der Waals surface area contributed by atoms with Crippen molar-refractivity contribution < 1.29 is 22.7 Å². The molecular formula is C24H34N2O5S2. The molecule has 0 aliphatic heterocycles. The molecule has 7 nitrogen and oxygen atoms in total. The lowest BCUT2D eigenvalue weighted by Gasteiger charge is -2.25. The van der Waals surface area contributed by atoms with E-state index in [1.807, 2.05) is 19.9 Å². The number of anilines is 1. The summed E-state index contributed by atoms with van der Waals surface area (Å²) in [5, 5.41) is 2.84. The van der Waals surface area contributed by atoms with Crippen molar-refractivity contribution in [1.29, 1.82) is 0 Å². The van der Waals surface area contributed by atoms with Crippen LogP contribution >= 0.6 is 11.8 Å². The van der Waals surface area contributed by atoms with Crippen LogP contribution in [0.15, 0.2) is 41.3 Å². The van der Waals surface area contributed by atoms with Crippen LogP contribution < -0.4 is 19.1 Å². The number of ether oxygens (including phenoxy) is 2. The Labute approximate surface area is 201 Å². The molecule has 0 saturated heterocycles. The molecule has 33 heavy (non-hydrogen) atoms. The minimum Gasteiger partial charge on any atom is -0.493 e. The van der Waals surface area contributed by atoms with Gasteiger partial charge in [-0.3, -0.25) is 9.10 Å². The Balaban J connectivity index is 2.37. The molecule has 0 spiro atoms. The fraction of sp³-hybridized carbons (Fsp3) is 0.458. The molecule has 0 atom stereocenters. The van der Waals surface area contributed by atoms with Gasteiger partial charge in [0.2, 0.25) is 5.91 Å². The van der Waals surface area contributed by atoms with Crippen molar-refractivity contribution in [2.75, 3.05) is 37.4 Å². The lowest BCUT2D eigenvalue weighted by molar-refractivity contribution is -0.119. The molecule has 1 amide bonds. The first-order valence-corrected chi connectivity index (χ1v) is 13.0. The van der Waals surface area contributed by atoms with Gasteiger partial charge >= 0.3 is 0 Å². The molecule has 0 heterocycles. The van der Waals surface area contributed by atoms with E-state index >= 15 is 0 Å². The molecule has 0 aromatic heterocycles. The molecule has 0 saturated carbocycles. The van der Waals surface area contributed by atoms with Gasteiger partial charge in [0.05, 0.1) is 24.8 Å². The first kappa shape index (κ1) is 26.9. The summed E-state index contributed by atoms with van der Waals surface area (Å²) in [7, 11) is -1.14. The molecule has 0 unspecified atom stereocenters. The number of amides is 1. The van der Waals surface area contributed by atoms with E-state index < -0.39 is 10.0 Å². The van der Waals surface area contributed by atoms with Gasteiger partial charge in [-0.25, -0.2) is 8.42 Å². The van der Waals surface area contributed by atoms with Crippen molar-refractivity contribution in [3.05, 3.63) is 47.5 Å². The summed E-state index contributed by atoms with van der Waals surface area (Å²) in [5.74, 6) is 1.08. The number of hydrogen-bond donors (Lipinski definition) is 1. The van der Waals surface area contributed by atoms with E-state index in [-0.39, 0.29) is 22.1 Å². The maximum atomic E-state index is 13.7. The lowest BCUT2D eigenvalue weighted by atomic mass is 10.1. The molecule has 0 fully saturated rings. The van der Waals surface area contributed by atoms with Gasteiger partial charge in [0, 0.05) is 23.1 Å². The number of hydrogen-bond acceptors (Lipinski definition) is 6. The Bertz CT molecular complexity index is 1060. The number of rotatable bonds is 10. The summed E-state index contributed by atoms with van der Waals surface area (Å²) >= 11 is 1.73. The third-order valence-electron chi connectivity index (χ3n) is 4.68. The lowest BCUT2D eigenvalue weighted by Crippen LogP contribution is -2.41. The molecule has 2 rings (SSSR count). The van der Waals surface area contributed by atoms with Crippen molar-refractivity contribution in [2.24, 2.45) is 0 Å². The van der Waals surface area contributed by atoms with E-state index in [0.717, 1.165) is 21.2 Å². The minimum absolute atomic E-state index is 0.00963. The van der Waals surface area contributed by atoms with Crippen LogP contribution in [0.25, 0.3) is 0 Å². The van der Waals surface area contributed by atoms with Crippen LogP contribution in [0.3, 0.4) is 0 Å². The summed E-state index contributed by atoms with van der Waals surface area (Å²) in [6.45, 7) is 10.2. The van der Waals surface area contributed by atoms with E-state index in [9.17, 15) is 13.2 Å². The molecule has 0 bridgehead atoms. The van der Waals surface area contributed by atoms with Gasteiger partial charge in [-0.1, -0.05) is 26.8 Å². The molecule has 9 heteroatoms. The first-order valence-electron chi connectivity index (χ1n) is 10.6. The largest absolute Gasteiger partial charge is 0.493 e. The SMILES string of the molecule is COc1ccc(S(=O)(=O)N(CC(=O)NCCSC(C)(C)C)c2cc(C)cc(C)c2)cc1OC. The number of nitrogens with one attached hydrogen (secondary N) is 1. The van der Waals surface area contributed by atoms with E-state index in [0.29, 0.717) is 23.7 Å². The standard InChI is InChI=1S/C24H34N2O5S2/c1-17-12-18(2)14-19(13-17)26(16-23(27)25-10-11-32-24(3,4)5)33(28,29)20-8-9-21(30-6)22(15-20)31-7/h8-9,12-15H,10-11,16H2,1-7H3,(H,25,27). The second-order valence-electron chi connectivity index (χ2n) is 8.69. The Kier molecular flexibility index (Phi) is 9.08. The van der Waals surface area contributed by atoms with E-state index in [1.165, 1.54) is 32.4 Å². The van der Waals surface area contributed by atoms with Gasteiger partial charge in [0.25, 0.3) is 10.0 Å². The van der Waals surface area contributed by atoms with Crippen LogP contribution in [-0.2, 0) is 14.8 Å². The minimum atomic E-state index is -4.06. The highest BCUT2D eigenvalue weighted by atomic mass is 32.2. The van der Waals surface area contributed by atoms with Crippen LogP contribution in [0.1, 0.15) is 31.9 Å². The van der Waals surface area contributed by atoms with Crippen molar-refractivity contribution in [1.82, 2.24) is 5.32 Å². The molecular weight excluding hydrogens is 460 g/mol. The molecule has 2 aromatic carbocycles. The van der Waals surface area contributed by atoms with Crippen molar-refractivity contribution in [3.8, 4) is 11.5 Å². The third kappa shape index (κ3) is 7.57. The molecule has 182 valence electrons. The second-order valence-corrected chi connectivity index (χ2v) is 12.5. The summed E-state index contributed by atoms with van der Waals surface area (Å²) in [6.07, 6.45) is 0. The average Bonchev–Trinajstić information content (AvgIpc) is 2.73. The maximum Gasteiger partial charge on any atom is 0.264 e. The fourth-order valence-corrected chi connectivity index (χ4v) is 5.49. The highest BCUT2D eigenvalue weighted by Crippen LogP contribution is 2.32. The number of nitrogens with zero attached hydrogens (tertiary/aromatic N) is 1. The van der Waals surface area contributed by atoms with E-state index in [1.54, 1.807) is 23.9 Å². The van der Waals surface area contributed by atoms with Gasteiger partial charge < -0.3 is 14.8 Å². The molecule has 2 aromatic rings. The normalized spacial score (nSPS) is 11.7. The maximum absolute atomic E-state index is 13.7. The second kappa shape index (κ2) is 11.2. The zero-order valence-electron chi connectivity index (χ0n) is 20.4. The number of methoxy groups -OCH3 is 2. The van der Waals surface area contributed by atoms with Gasteiger partial charge in [-0.2, -0.15) is 11.8 Å². The van der Waals surface area contributed by atoms with Gasteiger partial charge in [0.15, 0.2) is 11.5 Å². The monoisotopic (exact) mass is 494 g/mol. The predicted molar refractivity (Wildman–Crippen MR) is 135 cm³/mol. The van der Waals surface area contributed by atoms with Crippen molar-refractivity contribution >= 4 is 33.4 Å². The van der Waals surface area contributed by atoms with E-state index in [4.69, 9.17) is 9.47 Å². The molecule has 0 aliphatic carbocycles. The zero-order chi connectivity index (χ0) is 24.8. The van der Waals surface area contributed by atoms with Crippen LogP contribution in [0.2, 0.25) is 0 Å². The van der Waals surface area contributed by atoms with Crippen molar-refractivity contribution in [2.45, 2.75) is 44.3 Å². The third-order valence-corrected chi connectivity index (χ3v) is 7.73. The molecule has 0 aliphatic rings. The van der Waals surface area contributed by atoms with E-state index in [2.05, 4.69) is 26.1 Å². The Morgan fingerprint density at radius 2 is 1.61 bits per heavy atom. The number of aryl methyl sites for hydroxylation is 2. The summed E-state index contributed by atoms with van der Waals surface area (Å²) in [5.41, 5.74) is 2.24. The summed E-state index contributed by atoms with van der Waals surface area (Å²) in [6, 6.07) is 9.86. The molecule has 0 radical (unpaired) electrons. The number of thioether (sulfide) groups is 1. The van der Waals surface area contributed by atoms with Crippen LogP contribution in [0.4, 0.5) is 5.69 Å². The Hall–Kier alpha value is -2.39. The van der Waals surface area contributed by atoms with Crippen LogP contribution in [0.5, 0.6) is 11.5 Å². The fourth-order valence-electron chi connectivity index (χ4n) is 3.25. The zero-order valence-corrected chi connectivity index (χ0v) is 22.0. The quantitative estimate of drug-likeness (QED) is 0.499. The van der Waals surface area contributed by atoms with Crippen LogP contribution in [-0.4, -0.2) is 52.1 Å². The Morgan fingerprint density at radius 3 is 2.15 bits per heavy atom. The first-order chi connectivity index (χ1) is 15.4. The highest BCUT2D eigenvalue weighted by molar-refractivity contribution is 8.00. The number of carbonyl (C=O) groups is 1. The number of carbonyl (C=O) groups excluding carboxylic acids is 1. The highest BCUT2D eigenvalue weighted by Gasteiger charge is 2.28. The van der Waals surface area contributed by atoms with Crippen molar-refractivity contribution in [3.63, 3.8) is 0 Å². The number of benzene rings is 2. The van der Waals surface area contributed by atoms with Gasteiger partial charge in [0.1, 0.15) is 6.54 Å². The smallest absolute Gasteiger partial charge is 0.264 e. The predicted octanol–water partition coefficient (Wildman–Crippen LogP) is 4.16. The number of sulfonamides is 1. The summed E-state index contributed by atoms with van der Waals surface area (Å²) in [4.78, 5) is 12.8. The summed E-state index contributed by atoms with van der Waals surface area (Å²) < 4.78 is 39.1. The average molecular weight is 495 g/mol. The Morgan fingerprint density at radius 1 is 1.00 bits per heavy atom.